The fraction of sp³-hybridized carbons (Fsp3) is 0.385. The van der Waals surface area contributed by atoms with Gasteiger partial charge in [-0.05, 0) is 6.42 Å². The number of hydrogen-bond donors (Lipinski definition) is 0. The van der Waals surface area contributed by atoms with Gasteiger partial charge in [0.25, 0.3) is 5.69 Å². The maximum atomic E-state index is 11.8. The third-order valence-electron chi connectivity index (χ3n) is 3.33. The van der Waals surface area contributed by atoms with Crippen molar-refractivity contribution < 1.29 is 19.2 Å². The highest BCUT2D eigenvalue weighted by atomic mass is 16.6. The first-order valence-corrected chi connectivity index (χ1v) is 6.14. The van der Waals surface area contributed by atoms with Crippen LogP contribution < -0.4 is 0 Å². The number of nitro benzene ring substituents is 1. The molecule has 1 aliphatic rings. The first-order valence-electron chi connectivity index (χ1n) is 6.14. The molecule has 7 nitrogen and oxygen atoms in total. The zero-order valence-corrected chi connectivity index (χ0v) is 10.9. The van der Waals surface area contributed by atoms with Crippen LogP contribution >= 0.6 is 0 Å². The normalized spacial score (nSPS) is 18.1. The maximum absolute atomic E-state index is 11.8. The van der Waals surface area contributed by atoms with Crippen molar-refractivity contribution in [3.8, 4) is 0 Å². The molecule has 1 saturated heterocycles. The monoisotopic (exact) mass is 278 g/mol. The number of carbonyl (C=O) groups is 2. The minimum absolute atomic E-state index is 0.0375. The molecule has 1 aromatic carbocycles. The Labute approximate surface area is 115 Å². The SMILES string of the molecule is COC(=O)C1CCC(=O)N1Cc1ccccc1[N+](=O)[O-]. The van der Waals surface area contributed by atoms with Gasteiger partial charge in [0.05, 0.1) is 18.6 Å². The van der Waals surface area contributed by atoms with Gasteiger partial charge in [-0.1, -0.05) is 18.2 Å². The summed E-state index contributed by atoms with van der Waals surface area (Å²) in [5.74, 6) is -0.687. The summed E-state index contributed by atoms with van der Waals surface area (Å²) in [5, 5.41) is 11.0. The van der Waals surface area contributed by atoms with Crippen LogP contribution in [0.3, 0.4) is 0 Å². The Bertz CT molecular complexity index is 557. The molecule has 0 N–H and O–H groups in total. The quantitative estimate of drug-likeness (QED) is 0.470. The number of esters is 1. The Morgan fingerprint density at radius 2 is 2.20 bits per heavy atom. The van der Waals surface area contributed by atoms with Crippen LogP contribution in [0, 0.1) is 10.1 Å². The Morgan fingerprint density at radius 1 is 1.50 bits per heavy atom. The van der Waals surface area contributed by atoms with Crippen molar-refractivity contribution in [1.29, 1.82) is 0 Å². The molecular weight excluding hydrogens is 264 g/mol. The molecule has 0 saturated carbocycles. The topological polar surface area (TPSA) is 89.8 Å². The van der Waals surface area contributed by atoms with Crippen LogP contribution in [0.5, 0.6) is 0 Å². The van der Waals surface area contributed by atoms with E-state index < -0.39 is 16.9 Å². The molecule has 1 unspecified atom stereocenters. The first kappa shape index (κ1) is 14.0. The lowest BCUT2D eigenvalue weighted by Crippen LogP contribution is -2.38. The van der Waals surface area contributed by atoms with Crippen molar-refractivity contribution in [3.05, 3.63) is 39.9 Å². The summed E-state index contributed by atoms with van der Waals surface area (Å²) >= 11 is 0. The van der Waals surface area contributed by atoms with E-state index in [0.29, 0.717) is 12.0 Å². The zero-order chi connectivity index (χ0) is 14.7. The predicted molar refractivity (Wildman–Crippen MR) is 68.7 cm³/mol. The number of nitro groups is 1. The summed E-state index contributed by atoms with van der Waals surface area (Å²) in [6.45, 7) is 0.0375. The molecule has 7 heteroatoms. The molecular formula is C13H14N2O5. The summed E-state index contributed by atoms with van der Waals surface area (Å²) in [4.78, 5) is 35.3. The molecule has 1 fully saturated rings. The number of ether oxygens (including phenoxy) is 1. The third-order valence-corrected chi connectivity index (χ3v) is 3.33. The van der Waals surface area contributed by atoms with E-state index in [2.05, 4.69) is 4.74 Å². The molecule has 1 heterocycles. The molecule has 106 valence electrons. The van der Waals surface area contributed by atoms with Crippen LogP contribution in [-0.4, -0.2) is 34.9 Å². The Morgan fingerprint density at radius 3 is 2.85 bits per heavy atom. The van der Waals surface area contributed by atoms with Gasteiger partial charge in [-0.2, -0.15) is 0 Å². The molecule has 0 spiro atoms. The minimum atomic E-state index is -0.660. The number of hydrogen-bond acceptors (Lipinski definition) is 5. The van der Waals surface area contributed by atoms with Gasteiger partial charge in [-0.15, -0.1) is 0 Å². The summed E-state index contributed by atoms with van der Waals surface area (Å²) < 4.78 is 4.66. The van der Waals surface area contributed by atoms with Gasteiger partial charge in [0, 0.05) is 18.1 Å². The van der Waals surface area contributed by atoms with Crippen LogP contribution in [0.25, 0.3) is 0 Å². The van der Waals surface area contributed by atoms with E-state index in [1.54, 1.807) is 18.2 Å². The van der Waals surface area contributed by atoms with Crippen molar-refractivity contribution in [3.63, 3.8) is 0 Å². The predicted octanol–water partition coefficient (Wildman–Crippen LogP) is 1.26. The Kier molecular flexibility index (Phi) is 3.97. The summed E-state index contributed by atoms with van der Waals surface area (Å²) in [6, 6.07) is 5.52. The summed E-state index contributed by atoms with van der Waals surface area (Å²) in [6.07, 6.45) is 0.631. The number of rotatable bonds is 4. The molecule has 1 aliphatic heterocycles. The van der Waals surface area contributed by atoms with E-state index in [4.69, 9.17) is 0 Å². The standard InChI is InChI=1S/C13H14N2O5/c1-20-13(17)11-6-7-12(16)14(11)8-9-4-2-3-5-10(9)15(18)19/h2-5,11H,6-8H2,1H3. The van der Waals surface area contributed by atoms with Gasteiger partial charge in [0.15, 0.2) is 0 Å². The van der Waals surface area contributed by atoms with Crippen molar-refractivity contribution in [2.75, 3.05) is 7.11 Å². The lowest BCUT2D eigenvalue weighted by atomic mass is 10.1. The van der Waals surface area contributed by atoms with Gasteiger partial charge < -0.3 is 9.64 Å². The van der Waals surface area contributed by atoms with E-state index in [1.807, 2.05) is 0 Å². The molecule has 0 bridgehead atoms. The molecule has 1 atom stereocenters. The third kappa shape index (κ3) is 2.61. The number of nitrogens with zero attached hydrogens (tertiary/aromatic N) is 2. The maximum Gasteiger partial charge on any atom is 0.328 e. The second-order valence-electron chi connectivity index (χ2n) is 4.49. The van der Waals surface area contributed by atoms with E-state index >= 15 is 0 Å². The highest BCUT2D eigenvalue weighted by molar-refractivity contribution is 5.88. The molecule has 1 aromatic rings. The van der Waals surface area contributed by atoms with E-state index in [-0.39, 0.29) is 24.6 Å². The minimum Gasteiger partial charge on any atom is -0.467 e. The summed E-state index contributed by atoms with van der Waals surface area (Å²) in [7, 11) is 1.26. The average molecular weight is 278 g/mol. The molecule has 2 rings (SSSR count). The fourth-order valence-corrected chi connectivity index (χ4v) is 2.32. The molecule has 0 aromatic heterocycles. The van der Waals surface area contributed by atoms with E-state index in [0.717, 1.165) is 0 Å². The van der Waals surface area contributed by atoms with Crippen LogP contribution in [0.2, 0.25) is 0 Å². The molecule has 20 heavy (non-hydrogen) atoms. The van der Waals surface area contributed by atoms with Crippen LogP contribution in [0.1, 0.15) is 18.4 Å². The lowest BCUT2D eigenvalue weighted by molar-refractivity contribution is -0.385. The molecule has 0 aliphatic carbocycles. The fourth-order valence-electron chi connectivity index (χ4n) is 2.32. The van der Waals surface area contributed by atoms with Crippen molar-refractivity contribution in [2.45, 2.75) is 25.4 Å². The van der Waals surface area contributed by atoms with Crippen molar-refractivity contribution in [2.24, 2.45) is 0 Å². The van der Waals surface area contributed by atoms with Gasteiger partial charge >= 0.3 is 5.97 Å². The van der Waals surface area contributed by atoms with Gasteiger partial charge in [0.2, 0.25) is 5.91 Å². The van der Waals surface area contributed by atoms with Crippen LogP contribution in [0.15, 0.2) is 24.3 Å². The highest BCUT2D eigenvalue weighted by Crippen LogP contribution is 2.26. The number of para-hydroxylation sites is 1. The van der Waals surface area contributed by atoms with Crippen LogP contribution in [-0.2, 0) is 20.9 Å². The molecule has 1 amide bonds. The van der Waals surface area contributed by atoms with Gasteiger partial charge in [0.1, 0.15) is 6.04 Å². The Hall–Kier alpha value is -2.44. The van der Waals surface area contributed by atoms with Crippen LogP contribution in [0.4, 0.5) is 5.69 Å². The smallest absolute Gasteiger partial charge is 0.328 e. The highest BCUT2D eigenvalue weighted by Gasteiger charge is 2.37. The first-order chi connectivity index (χ1) is 9.54. The second kappa shape index (κ2) is 5.68. The van der Waals surface area contributed by atoms with E-state index in [9.17, 15) is 19.7 Å². The van der Waals surface area contributed by atoms with Gasteiger partial charge in [-0.25, -0.2) is 4.79 Å². The van der Waals surface area contributed by atoms with Crippen molar-refractivity contribution in [1.82, 2.24) is 4.90 Å². The van der Waals surface area contributed by atoms with Crippen molar-refractivity contribution >= 4 is 17.6 Å². The zero-order valence-electron chi connectivity index (χ0n) is 10.9. The Balaban J connectivity index is 2.26. The van der Waals surface area contributed by atoms with Gasteiger partial charge in [-0.3, -0.25) is 14.9 Å². The summed E-state index contributed by atoms with van der Waals surface area (Å²) in [5.41, 5.74) is 0.345. The average Bonchev–Trinajstić information content (AvgIpc) is 2.80. The number of likely N-dealkylation sites (tertiary alicyclic amines) is 1. The van der Waals surface area contributed by atoms with E-state index in [1.165, 1.54) is 18.1 Å². The molecule has 0 radical (unpaired) electrons. The number of amides is 1. The number of benzene rings is 1. The number of methoxy groups -OCH3 is 1. The number of carbonyl (C=O) groups excluding carboxylic acids is 2. The second-order valence-corrected chi connectivity index (χ2v) is 4.49. The lowest BCUT2D eigenvalue weighted by Gasteiger charge is -2.22. The largest absolute Gasteiger partial charge is 0.467 e.